The van der Waals surface area contributed by atoms with Gasteiger partial charge in [-0.15, -0.1) is 0 Å². The Morgan fingerprint density at radius 2 is 1.63 bits per heavy atom. The lowest BCUT2D eigenvalue weighted by Crippen LogP contribution is -2.26. The molecule has 0 aliphatic heterocycles. The first-order chi connectivity index (χ1) is 12.8. The molecule has 0 atom stereocenters. The van der Waals surface area contributed by atoms with Crippen molar-refractivity contribution in [3.05, 3.63) is 71.2 Å². The molecule has 0 radical (unpaired) electrons. The van der Waals surface area contributed by atoms with Crippen LogP contribution in [0.1, 0.15) is 20.8 Å². The van der Waals surface area contributed by atoms with Crippen LogP contribution in [-0.2, 0) is 4.74 Å². The molecule has 0 aliphatic carbocycles. The fraction of sp³-hybridized carbons (Fsp3) is 0.182. The van der Waals surface area contributed by atoms with Crippen LogP contribution in [0.2, 0.25) is 0 Å². The minimum Gasteiger partial charge on any atom is -0.443 e. The number of nitrogens with zero attached hydrogens (tertiary/aromatic N) is 1. The summed E-state index contributed by atoms with van der Waals surface area (Å²) in [4.78, 5) is 24.8. The van der Waals surface area contributed by atoms with Crippen LogP contribution < -0.4 is 5.63 Å². The molecular formula is C22H19NO4. The minimum absolute atomic E-state index is 0.433. The lowest BCUT2D eigenvalue weighted by molar-refractivity contribution is 0.0544. The molecule has 0 aliphatic rings. The largest absolute Gasteiger partial charge is 0.443 e. The number of ether oxygens (including phenoxy) is 1. The summed E-state index contributed by atoms with van der Waals surface area (Å²) in [6.07, 6.45) is 1.26. The van der Waals surface area contributed by atoms with Crippen LogP contribution >= 0.6 is 0 Å². The summed E-state index contributed by atoms with van der Waals surface area (Å²) >= 11 is 0. The van der Waals surface area contributed by atoms with Crippen molar-refractivity contribution in [3.8, 4) is 11.1 Å². The predicted molar refractivity (Wildman–Crippen MR) is 105 cm³/mol. The van der Waals surface area contributed by atoms with Gasteiger partial charge in [-0.2, -0.15) is 0 Å². The summed E-state index contributed by atoms with van der Waals surface area (Å²) in [7, 11) is 0. The first-order valence-corrected chi connectivity index (χ1v) is 8.70. The SMILES string of the molecule is CC(C)(C)OC(=O)n1cc(-c2cc(=O)oc3ccccc23)c2ccccc21. The van der Waals surface area contributed by atoms with Crippen molar-refractivity contribution in [2.75, 3.05) is 0 Å². The van der Waals surface area contributed by atoms with Crippen LogP contribution in [0.5, 0.6) is 0 Å². The van der Waals surface area contributed by atoms with Gasteiger partial charge in [0.05, 0.1) is 5.52 Å². The smallest absolute Gasteiger partial charge is 0.419 e. The van der Waals surface area contributed by atoms with Crippen LogP contribution in [-0.4, -0.2) is 16.3 Å². The van der Waals surface area contributed by atoms with Gasteiger partial charge in [-0.1, -0.05) is 36.4 Å². The average Bonchev–Trinajstić information content (AvgIpc) is 2.99. The first-order valence-electron chi connectivity index (χ1n) is 8.70. The fourth-order valence-electron chi connectivity index (χ4n) is 3.19. The second-order valence-corrected chi connectivity index (χ2v) is 7.39. The highest BCUT2D eigenvalue weighted by Crippen LogP contribution is 2.34. The molecule has 0 bridgehead atoms. The summed E-state index contributed by atoms with van der Waals surface area (Å²) in [5.74, 6) is 0. The number of hydrogen-bond donors (Lipinski definition) is 0. The molecule has 5 nitrogen and oxygen atoms in total. The van der Waals surface area contributed by atoms with Crippen molar-refractivity contribution in [1.82, 2.24) is 4.57 Å². The van der Waals surface area contributed by atoms with Gasteiger partial charge in [0.15, 0.2) is 0 Å². The van der Waals surface area contributed by atoms with Gasteiger partial charge in [0, 0.05) is 34.2 Å². The lowest BCUT2D eigenvalue weighted by atomic mass is 10.0. The number of fused-ring (bicyclic) bond motifs is 2. The third kappa shape index (κ3) is 3.12. The molecule has 0 N–H and O–H groups in total. The van der Waals surface area contributed by atoms with Crippen LogP contribution in [0, 0.1) is 0 Å². The molecule has 0 saturated heterocycles. The Hall–Kier alpha value is -3.34. The molecule has 0 amide bonds. The number of aromatic nitrogens is 1. The Bertz CT molecular complexity index is 1220. The molecule has 27 heavy (non-hydrogen) atoms. The summed E-state index contributed by atoms with van der Waals surface area (Å²) in [6.45, 7) is 5.48. The highest BCUT2D eigenvalue weighted by molar-refractivity contribution is 6.06. The van der Waals surface area contributed by atoms with Crippen molar-refractivity contribution in [3.63, 3.8) is 0 Å². The van der Waals surface area contributed by atoms with E-state index >= 15 is 0 Å². The zero-order chi connectivity index (χ0) is 19.2. The van der Waals surface area contributed by atoms with Crippen LogP contribution in [0.25, 0.3) is 33.0 Å². The molecule has 0 spiro atoms. The Kier molecular flexibility index (Phi) is 3.88. The van der Waals surface area contributed by atoms with Crippen LogP contribution in [0.15, 0.2) is 70.0 Å². The molecule has 0 unspecified atom stereocenters. The maximum Gasteiger partial charge on any atom is 0.419 e. The maximum atomic E-state index is 12.7. The van der Waals surface area contributed by atoms with E-state index in [2.05, 4.69) is 0 Å². The number of hydrogen-bond acceptors (Lipinski definition) is 4. The van der Waals surface area contributed by atoms with Crippen molar-refractivity contribution in [1.29, 1.82) is 0 Å². The third-order valence-corrected chi connectivity index (χ3v) is 4.24. The van der Waals surface area contributed by atoms with E-state index in [1.165, 1.54) is 10.6 Å². The molecule has 5 heteroatoms. The topological polar surface area (TPSA) is 61.4 Å². The van der Waals surface area contributed by atoms with E-state index in [-0.39, 0.29) is 0 Å². The molecule has 2 aromatic heterocycles. The molecule has 2 heterocycles. The monoisotopic (exact) mass is 361 g/mol. The summed E-state index contributed by atoms with van der Waals surface area (Å²) in [5, 5.41) is 1.67. The normalized spacial score (nSPS) is 11.8. The number of carbonyl (C=O) groups excluding carboxylic acids is 1. The van der Waals surface area contributed by atoms with Gasteiger partial charge in [0.1, 0.15) is 11.2 Å². The Balaban J connectivity index is 2.00. The molecule has 4 rings (SSSR count). The molecule has 2 aromatic carbocycles. The minimum atomic E-state index is -0.608. The Labute approximate surface area is 155 Å². The molecule has 0 fully saturated rings. The number of benzene rings is 2. The van der Waals surface area contributed by atoms with Crippen LogP contribution in [0.3, 0.4) is 0 Å². The number of para-hydroxylation sites is 2. The zero-order valence-corrected chi connectivity index (χ0v) is 15.4. The number of carbonyl (C=O) groups is 1. The highest BCUT2D eigenvalue weighted by atomic mass is 16.6. The fourth-order valence-corrected chi connectivity index (χ4v) is 3.19. The number of rotatable bonds is 1. The van der Waals surface area contributed by atoms with Crippen molar-refractivity contribution >= 4 is 28.0 Å². The van der Waals surface area contributed by atoms with E-state index < -0.39 is 17.3 Å². The maximum absolute atomic E-state index is 12.7. The second kappa shape index (κ2) is 6.13. The van der Waals surface area contributed by atoms with Crippen molar-refractivity contribution in [2.45, 2.75) is 26.4 Å². The summed E-state index contributed by atoms with van der Waals surface area (Å²) in [6, 6.07) is 16.4. The van der Waals surface area contributed by atoms with Crippen molar-refractivity contribution in [2.24, 2.45) is 0 Å². The van der Waals surface area contributed by atoms with E-state index in [9.17, 15) is 9.59 Å². The summed E-state index contributed by atoms with van der Waals surface area (Å²) in [5.41, 5.74) is 1.69. The van der Waals surface area contributed by atoms with E-state index in [0.717, 1.165) is 27.4 Å². The van der Waals surface area contributed by atoms with Gasteiger partial charge in [0.25, 0.3) is 0 Å². The van der Waals surface area contributed by atoms with Gasteiger partial charge in [0.2, 0.25) is 0 Å². The van der Waals surface area contributed by atoms with Crippen LogP contribution in [0.4, 0.5) is 4.79 Å². The van der Waals surface area contributed by atoms with E-state index in [1.807, 2.05) is 63.2 Å². The molecule has 0 saturated carbocycles. The standard InChI is InChI=1S/C22H19NO4/c1-22(2,3)27-21(25)23-13-17(14-8-4-6-10-18(14)23)16-12-20(24)26-19-11-7-5-9-15(16)19/h4-13H,1-3H3. The lowest BCUT2D eigenvalue weighted by Gasteiger charge is -2.19. The van der Waals surface area contributed by atoms with Gasteiger partial charge >= 0.3 is 11.7 Å². The van der Waals surface area contributed by atoms with Gasteiger partial charge in [-0.25, -0.2) is 9.59 Å². The van der Waals surface area contributed by atoms with Gasteiger partial charge in [-0.3, -0.25) is 4.57 Å². The van der Waals surface area contributed by atoms with Gasteiger partial charge < -0.3 is 9.15 Å². The average molecular weight is 361 g/mol. The Morgan fingerprint density at radius 1 is 0.963 bits per heavy atom. The van der Waals surface area contributed by atoms with E-state index in [0.29, 0.717) is 5.58 Å². The predicted octanol–water partition coefficient (Wildman–Crippen LogP) is 5.20. The molecule has 4 aromatic rings. The van der Waals surface area contributed by atoms with E-state index in [1.54, 1.807) is 12.3 Å². The molecular weight excluding hydrogens is 342 g/mol. The highest BCUT2D eigenvalue weighted by Gasteiger charge is 2.22. The quantitative estimate of drug-likeness (QED) is 0.437. The van der Waals surface area contributed by atoms with Gasteiger partial charge in [-0.05, 0) is 32.9 Å². The van der Waals surface area contributed by atoms with E-state index in [4.69, 9.17) is 9.15 Å². The first kappa shape index (κ1) is 17.1. The molecule has 136 valence electrons. The third-order valence-electron chi connectivity index (χ3n) is 4.24. The summed E-state index contributed by atoms with van der Waals surface area (Å²) < 4.78 is 12.3. The second-order valence-electron chi connectivity index (χ2n) is 7.39. The Morgan fingerprint density at radius 3 is 2.37 bits per heavy atom. The zero-order valence-electron chi connectivity index (χ0n) is 15.4. The van der Waals surface area contributed by atoms with Crippen molar-refractivity contribution < 1.29 is 13.9 Å².